The fourth-order valence-corrected chi connectivity index (χ4v) is 5.31. The number of fused-ring (bicyclic) bond motifs is 2. The van der Waals surface area contributed by atoms with Gasteiger partial charge in [-0.1, -0.05) is 42.3 Å². The summed E-state index contributed by atoms with van der Waals surface area (Å²) in [5.74, 6) is 5.53. The molecule has 5 rings (SSSR count). The largest absolute Gasteiger partial charge is 0.378 e. The van der Waals surface area contributed by atoms with E-state index in [1.165, 1.54) is 28.0 Å². The Morgan fingerprint density at radius 3 is 2.55 bits per heavy atom. The highest BCUT2D eigenvalue weighted by molar-refractivity contribution is 5.95. The summed E-state index contributed by atoms with van der Waals surface area (Å²) in [5.41, 5.74) is 7.86. The van der Waals surface area contributed by atoms with Crippen LogP contribution in [0, 0.1) is 11.8 Å². The van der Waals surface area contributed by atoms with Crippen LogP contribution in [0.3, 0.4) is 0 Å². The van der Waals surface area contributed by atoms with Crippen molar-refractivity contribution >= 4 is 17.2 Å². The number of anilines is 1. The molecule has 0 N–H and O–H groups in total. The van der Waals surface area contributed by atoms with E-state index in [4.69, 9.17) is 4.74 Å². The van der Waals surface area contributed by atoms with Gasteiger partial charge in [0.2, 0.25) is 0 Å². The van der Waals surface area contributed by atoms with E-state index in [-0.39, 0.29) is 18.0 Å². The highest BCUT2D eigenvalue weighted by Crippen LogP contribution is 2.48. The van der Waals surface area contributed by atoms with E-state index in [1.807, 2.05) is 4.90 Å². The molecular weight excluding hydrogens is 384 g/mol. The lowest BCUT2D eigenvalue weighted by molar-refractivity contribution is -0.129. The van der Waals surface area contributed by atoms with Crippen molar-refractivity contribution in [3.05, 3.63) is 70.8 Å². The van der Waals surface area contributed by atoms with Crippen LogP contribution in [0.15, 0.2) is 54.1 Å². The fourth-order valence-electron chi connectivity index (χ4n) is 5.31. The Balaban J connectivity index is 1.55. The average Bonchev–Trinajstić information content (AvgIpc) is 3.17. The van der Waals surface area contributed by atoms with Crippen LogP contribution >= 0.6 is 0 Å². The van der Waals surface area contributed by atoms with Crippen molar-refractivity contribution < 1.29 is 9.53 Å². The standard InChI is InChI=1S/C27H28N2O2/c1-3-6-26(30)29-19(2)17-24-23-8-5-4-7-21(23)18-25(24)27(29)20-9-11-22(12-10-20)28-13-15-31-16-14-28/h4-5,7-12,19,27H,13-18H2,1-2H3/t19-,27-/m0/s1. The van der Waals surface area contributed by atoms with Crippen molar-refractivity contribution in [1.82, 2.24) is 4.90 Å². The molecule has 1 amide bonds. The maximum atomic E-state index is 13.1. The second-order valence-electron chi connectivity index (χ2n) is 8.57. The van der Waals surface area contributed by atoms with Crippen LogP contribution in [0.25, 0.3) is 5.57 Å². The van der Waals surface area contributed by atoms with Crippen LogP contribution < -0.4 is 4.90 Å². The Labute approximate surface area is 184 Å². The predicted octanol–water partition coefficient (Wildman–Crippen LogP) is 4.22. The van der Waals surface area contributed by atoms with Gasteiger partial charge in [0.05, 0.1) is 19.3 Å². The van der Waals surface area contributed by atoms with E-state index in [0.717, 1.165) is 44.7 Å². The normalized spacial score (nSPS) is 22.5. The molecule has 158 valence electrons. The molecule has 0 spiro atoms. The fraction of sp³-hybridized carbons (Fsp3) is 0.370. The molecule has 0 bridgehead atoms. The maximum absolute atomic E-state index is 13.1. The molecule has 1 aliphatic carbocycles. The lowest BCUT2D eigenvalue weighted by Crippen LogP contribution is -2.44. The van der Waals surface area contributed by atoms with Gasteiger partial charge >= 0.3 is 0 Å². The quantitative estimate of drug-likeness (QED) is 0.693. The highest BCUT2D eigenvalue weighted by atomic mass is 16.5. The number of hydrogen-bond donors (Lipinski definition) is 0. The lowest BCUT2D eigenvalue weighted by Gasteiger charge is -2.41. The van der Waals surface area contributed by atoms with E-state index in [9.17, 15) is 4.79 Å². The second kappa shape index (κ2) is 8.24. The Morgan fingerprint density at radius 1 is 1.06 bits per heavy atom. The summed E-state index contributed by atoms with van der Waals surface area (Å²) in [6, 6.07) is 17.5. The summed E-state index contributed by atoms with van der Waals surface area (Å²) in [4.78, 5) is 17.4. The van der Waals surface area contributed by atoms with E-state index < -0.39 is 0 Å². The summed E-state index contributed by atoms with van der Waals surface area (Å²) in [6.45, 7) is 7.26. The summed E-state index contributed by atoms with van der Waals surface area (Å²) in [7, 11) is 0. The molecule has 0 unspecified atom stereocenters. The number of rotatable bonds is 2. The first-order chi connectivity index (χ1) is 15.2. The van der Waals surface area contributed by atoms with Crippen molar-refractivity contribution in [1.29, 1.82) is 0 Å². The Hall–Kier alpha value is -3.03. The molecular formula is C27H28N2O2. The molecule has 2 atom stereocenters. The summed E-state index contributed by atoms with van der Waals surface area (Å²) in [6.07, 6.45) is 1.78. The minimum atomic E-state index is -0.0836. The van der Waals surface area contributed by atoms with Crippen LogP contribution in [-0.2, 0) is 16.0 Å². The lowest BCUT2D eigenvalue weighted by atomic mass is 9.85. The Bertz CT molecular complexity index is 1080. The zero-order valence-electron chi connectivity index (χ0n) is 18.2. The van der Waals surface area contributed by atoms with Gasteiger partial charge < -0.3 is 14.5 Å². The van der Waals surface area contributed by atoms with Crippen molar-refractivity contribution in [2.24, 2.45) is 0 Å². The van der Waals surface area contributed by atoms with Gasteiger partial charge in [0.25, 0.3) is 5.91 Å². The number of ether oxygens (including phenoxy) is 1. The zero-order chi connectivity index (χ0) is 21.4. The third-order valence-electron chi connectivity index (χ3n) is 6.75. The first-order valence-electron chi connectivity index (χ1n) is 11.1. The van der Waals surface area contributed by atoms with Gasteiger partial charge in [0.15, 0.2) is 0 Å². The molecule has 0 saturated carbocycles. The number of hydrogen-bond acceptors (Lipinski definition) is 3. The van der Waals surface area contributed by atoms with Gasteiger partial charge in [0, 0.05) is 24.8 Å². The molecule has 2 heterocycles. The molecule has 3 aliphatic rings. The minimum absolute atomic E-state index is 0.0711. The van der Waals surface area contributed by atoms with Crippen molar-refractivity contribution in [3.63, 3.8) is 0 Å². The number of carbonyl (C=O) groups is 1. The first-order valence-corrected chi connectivity index (χ1v) is 11.1. The third kappa shape index (κ3) is 3.54. The molecule has 4 heteroatoms. The number of amides is 1. The molecule has 4 nitrogen and oxygen atoms in total. The summed E-state index contributed by atoms with van der Waals surface area (Å²) >= 11 is 0. The molecule has 31 heavy (non-hydrogen) atoms. The van der Waals surface area contributed by atoms with Gasteiger partial charge in [-0.3, -0.25) is 4.79 Å². The van der Waals surface area contributed by atoms with Crippen LogP contribution in [-0.4, -0.2) is 43.2 Å². The highest BCUT2D eigenvalue weighted by Gasteiger charge is 2.40. The average molecular weight is 413 g/mol. The van der Waals surface area contributed by atoms with Crippen LogP contribution in [0.1, 0.15) is 43.0 Å². The topological polar surface area (TPSA) is 32.8 Å². The van der Waals surface area contributed by atoms with E-state index >= 15 is 0 Å². The van der Waals surface area contributed by atoms with Gasteiger partial charge in [-0.25, -0.2) is 0 Å². The second-order valence-corrected chi connectivity index (χ2v) is 8.57. The number of carbonyl (C=O) groups excluding carboxylic acids is 1. The van der Waals surface area contributed by atoms with Crippen molar-refractivity contribution in [2.45, 2.75) is 38.8 Å². The van der Waals surface area contributed by atoms with Crippen LogP contribution in [0.2, 0.25) is 0 Å². The summed E-state index contributed by atoms with van der Waals surface area (Å²) in [5, 5.41) is 0. The van der Waals surface area contributed by atoms with Gasteiger partial charge in [-0.15, -0.1) is 0 Å². The number of morpholine rings is 1. The molecule has 1 fully saturated rings. The zero-order valence-corrected chi connectivity index (χ0v) is 18.2. The van der Waals surface area contributed by atoms with Crippen LogP contribution in [0.5, 0.6) is 0 Å². The van der Waals surface area contributed by atoms with Crippen molar-refractivity contribution in [2.75, 3.05) is 31.2 Å². The molecule has 2 aromatic carbocycles. The van der Waals surface area contributed by atoms with Gasteiger partial charge in [-0.2, -0.15) is 0 Å². The molecule has 0 aromatic heterocycles. The summed E-state index contributed by atoms with van der Waals surface area (Å²) < 4.78 is 5.49. The maximum Gasteiger partial charge on any atom is 0.299 e. The number of benzene rings is 2. The Morgan fingerprint density at radius 2 is 1.81 bits per heavy atom. The third-order valence-corrected chi connectivity index (χ3v) is 6.75. The molecule has 1 saturated heterocycles. The smallest absolute Gasteiger partial charge is 0.299 e. The Kier molecular flexibility index (Phi) is 5.29. The first kappa shape index (κ1) is 19.9. The molecule has 2 aliphatic heterocycles. The predicted molar refractivity (Wildman–Crippen MR) is 124 cm³/mol. The SMILES string of the molecule is CC#CC(=O)N1[C@@H](c2ccc(N3CCOCC3)cc2)C2=C(C[C@@H]1C)c1ccccc1C2. The van der Waals surface area contributed by atoms with E-state index in [1.54, 1.807) is 6.92 Å². The van der Waals surface area contributed by atoms with E-state index in [2.05, 4.69) is 72.2 Å². The van der Waals surface area contributed by atoms with Gasteiger partial charge in [-0.05, 0) is 72.6 Å². The molecule has 2 aromatic rings. The monoisotopic (exact) mass is 412 g/mol. The van der Waals surface area contributed by atoms with Crippen molar-refractivity contribution in [3.8, 4) is 11.8 Å². The van der Waals surface area contributed by atoms with Crippen LogP contribution in [0.4, 0.5) is 5.69 Å². The molecule has 0 radical (unpaired) electrons. The minimum Gasteiger partial charge on any atom is -0.378 e. The van der Waals surface area contributed by atoms with E-state index in [0.29, 0.717) is 0 Å². The van der Waals surface area contributed by atoms with Gasteiger partial charge in [0.1, 0.15) is 0 Å². The number of nitrogens with zero attached hydrogens (tertiary/aromatic N) is 2.